The van der Waals surface area contributed by atoms with Gasteiger partial charge in [-0.3, -0.25) is 0 Å². The van der Waals surface area contributed by atoms with Crippen LogP contribution >= 0.6 is 0 Å². The first-order valence-corrected chi connectivity index (χ1v) is 6.98. The Morgan fingerprint density at radius 2 is 1.63 bits per heavy atom. The number of aryl methyl sites for hydroxylation is 3. The molecule has 0 radical (unpaired) electrons. The van der Waals surface area contributed by atoms with Crippen molar-refractivity contribution in [1.82, 2.24) is 4.57 Å². The molecular formula is C18H17N. The van der Waals surface area contributed by atoms with Gasteiger partial charge in [-0.05, 0) is 36.1 Å². The zero-order valence-corrected chi connectivity index (χ0v) is 11.2. The van der Waals surface area contributed by atoms with Crippen LogP contribution in [0, 0.1) is 6.92 Å². The summed E-state index contributed by atoms with van der Waals surface area (Å²) in [5.74, 6) is 0. The highest BCUT2D eigenvalue weighted by Gasteiger charge is 2.18. The van der Waals surface area contributed by atoms with Gasteiger partial charge in [0.05, 0.1) is 0 Å². The number of para-hydroxylation sites is 1. The first kappa shape index (κ1) is 10.9. The highest BCUT2D eigenvalue weighted by molar-refractivity contribution is 5.85. The van der Waals surface area contributed by atoms with Crippen molar-refractivity contribution < 1.29 is 0 Å². The van der Waals surface area contributed by atoms with Gasteiger partial charge >= 0.3 is 0 Å². The molecule has 0 unspecified atom stereocenters. The minimum absolute atomic E-state index is 1.07. The van der Waals surface area contributed by atoms with Crippen LogP contribution in [0.5, 0.6) is 0 Å². The average Bonchev–Trinajstić information content (AvgIpc) is 2.63. The van der Waals surface area contributed by atoms with Crippen molar-refractivity contribution in [3.8, 4) is 0 Å². The first-order chi connectivity index (χ1) is 9.34. The molecule has 2 heterocycles. The Hall–Kier alpha value is -2.02. The zero-order chi connectivity index (χ0) is 12.8. The maximum Gasteiger partial charge on any atom is 0.0485 e. The SMILES string of the molecule is Cc1c2n(c3ccccc13)CCc1ccccc1C2. The fourth-order valence-corrected chi connectivity index (χ4v) is 3.40. The van der Waals surface area contributed by atoms with Crippen LogP contribution in [-0.4, -0.2) is 4.57 Å². The minimum Gasteiger partial charge on any atom is -0.344 e. The van der Waals surface area contributed by atoms with Gasteiger partial charge in [-0.25, -0.2) is 0 Å². The third-order valence-corrected chi connectivity index (χ3v) is 4.44. The van der Waals surface area contributed by atoms with Gasteiger partial charge in [0.15, 0.2) is 0 Å². The van der Waals surface area contributed by atoms with E-state index >= 15 is 0 Å². The molecule has 19 heavy (non-hydrogen) atoms. The molecule has 0 saturated heterocycles. The lowest BCUT2D eigenvalue weighted by molar-refractivity contribution is 0.710. The van der Waals surface area contributed by atoms with E-state index in [1.807, 2.05) is 0 Å². The van der Waals surface area contributed by atoms with E-state index in [0.717, 1.165) is 19.4 Å². The Bertz CT molecular complexity index is 764. The summed E-state index contributed by atoms with van der Waals surface area (Å²) >= 11 is 0. The van der Waals surface area contributed by atoms with Crippen molar-refractivity contribution in [1.29, 1.82) is 0 Å². The van der Waals surface area contributed by atoms with Crippen LogP contribution in [0.2, 0.25) is 0 Å². The summed E-state index contributed by atoms with van der Waals surface area (Å²) in [6, 6.07) is 17.7. The molecule has 94 valence electrons. The van der Waals surface area contributed by atoms with E-state index in [1.165, 1.54) is 33.3 Å². The fourth-order valence-electron chi connectivity index (χ4n) is 3.40. The number of hydrogen-bond acceptors (Lipinski definition) is 0. The van der Waals surface area contributed by atoms with Gasteiger partial charge in [0, 0.05) is 29.6 Å². The Balaban J connectivity index is 1.98. The van der Waals surface area contributed by atoms with E-state index in [4.69, 9.17) is 0 Å². The monoisotopic (exact) mass is 247 g/mol. The predicted octanol–water partition coefficient (Wildman–Crippen LogP) is 4.10. The summed E-state index contributed by atoms with van der Waals surface area (Å²) in [4.78, 5) is 0. The van der Waals surface area contributed by atoms with Crippen LogP contribution in [-0.2, 0) is 19.4 Å². The number of rotatable bonds is 0. The molecule has 3 aromatic rings. The van der Waals surface area contributed by atoms with Crippen molar-refractivity contribution >= 4 is 10.9 Å². The molecule has 0 bridgehead atoms. The van der Waals surface area contributed by atoms with Crippen molar-refractivity contribution in [3.63, 3.8) is 0 Å². The molecule has 1 aromatic heterocycles. The fraction of sp³-hybridized carbons (Fsp3) is 0.222. The largest absolute Gasteiger partial charge is 0.344 e. The van der Waals surface area contributed by atoms with E-state index in [1.54, 1.807) is 0 Å². The van der Waals surface area contributed by atoms with Crippen molar-refractivity contribution in [2.75, 3.05) is 0 Å². The van der Waals surface area contributed by atoms with Crippen LogP contribution in [0.3, 0.4) is 0 Å². The summed E-state index contributed by atoms with van der Waals surface area (Å²) in [6.07, 6.45) is 2.21. The molecule has 4 rings (SSSR count). The molecule has 1 aliphatic heterocycles. The summed E-state index contributed by atoms with van der Waals surface area (Å²) < 4.78 is 2.52. The van der Waals surface area contributed by atoms with Gasteiger partial charge in [0.25, 0.3) is 0 Å². The van der Waals surface area contributed by atoms with Crippen LogP contribution in [0.25, 0.3) is 10.9 Å². The second-order valence-electron chi connectivity index (χ2n) is 5.44. The molecule has 0 atom stereocenters. The van der Waals surface area contributed by atoms with Crippen molar-refractivity contribution in [2.45, 2.75) is 26.3 Å². The zero-order valence-electron chi connectivity index (χ0n) is 11.2. The Morgan fingerprint density at radius 1 is 0.895 bits per heavy atom. The molecule has 0 N–H and O–H groups in total. The van der Waals surface area contributed by atoms with Gasteiger partial charge in [-0.1, -0.05) is 42.5 Å². The highest BCUT2D eigenvalue weighted by atomic mass is 15.0. The topological polar surface area (TPSA) is 4.93 Å². The molecule has 0 amide bonds. The number of nitrogens with zero attached hydrogens (tertiary/aromatic N) is 1. The number of aromatic nitrogens is 1. The molecule has 1 heteroatoms. The van der Waals surface area contributed by atoms with Crippen molar-refractivity contribution in [2.24, 2.45) is 0 Å². The van der Waals surface area contributed by atoms with E-state index in [9.17, 15) is 0 Å². The lowest BCUT2D eigenvalue weighted by Crippen LogP contribution is -2.01. The van der Waals surface area contributed by atoms with E-state index < -0.39 is 0 Å². The lowest BCUT2D eigenvalue weighted by atomic mass is 10.0. The van der Waals surface area contributed by atoms with Crippen LogP contribution in [0.4, 0.5) is 0 Å². The molecule has 1 aliphatic rings. The summed E-state index contributed by atoms with van der Waals surface area (Å²) in [6.45, 7) is 3.36. The highest BCUT2D eigenvalue weighted by Crippen LogP contribution is 2.30. The number of benzene rings is 2. The molecule has 0 saturated carbocycles. The summed E-state index contributed by atoms with van der Waals surface area (Å²) in [5.41, 5.74) is 7.34. The van der Waals surface area contributed by atoms with E-state index in [2.05, 4.69) is 60.0 Å². The van der Waals surface area contributed by atoms with Gasteiger partial charge in [0.1, 0.15) is 0 Å². The van der Waals surface area contributed by atoms with Gasteiger partial charge in [-0.2, -0.15) is 0 Å². The van der Waals surface area contributed by atoms with Crippen LogP contribution < -0.4 is 0 Å². The normalized spacial score (nSPS) is 13.9. The molecule has 0 fully saturated rings. The van der Waals surface area contributed by atoms with Gasteiger partial charge < -0.3 is 4.57 Å². The third kappa shape index (κ3) is 1.54. The first-order valence-electron chi connectivity index (χ1n) is 6.98. The van der Waals surface area contributed by atoms with Gasteiger partial charge in [0.2, 0.25) is 0 Å². The second kappa shape index (κ2) is 3.99. The summed E-state index contributed by atoms with van der Waals surface area (Å²) in [7, 11) is 0. The quantitative estimate of drug-likeness (QED) is 0.563. The molecule has 1 nitrogen and oxygen atoms in total. The second-order valence-corrected chi connectivity index (χ2v) is 5.44. The Labute approximate surface area is 113 Å². The van der Waals surface area contributed by atoms with E-state index in [0.29, 0.717) is 0 Å². The van der Waals surface area contributed by atoms with Crippen molar-refractivity contribution in [3.05, 3.63) is 70.9 Å². The average molecular weight is 247 g/mol. The lowest BCUT2D eigenvalue weighted by Gasteiger charge is -2.06. The maximum absolute atomic E-state index is 2.52. The number of fused-ring (bicyclic) bond motifs is 4. The molecule has 0 aliphatic carbocycles. The smallest absolute Gasteiger partial charge is 0.0485 e. The Kier molecular flexibility index (Phi) is 2.28. The standard InChI is InChI=1S/C18H17N/c1-13-16-8-4-5-9-17(16)19-11-10-14-6-2-3-7-15(14)12-18(13)19/h2-9H,10-12H2,1H3. The van der Waals surface area contributed by atoms with E-state index in [-0.39, 0.29) is 0 Å². The minimum atomic E-state index is 1.07. The molecule has 2 aromatic carbocycles. The van der Waals surface area contributed by atoms with Crippen LogP contribution in [0.15, 0.2) is 48.5 Å². The maximum atomic E-state index is 2.52. The predicted molar refractivity (Wildman–Crippen MR) is 79.6 cm³/mol. The third-order valence-electron chi connectivity index (χ3n) is 4.44. The Morgan fingerprint density at radius 3 is 2.53 bits per heavy atom. The molecular weight excluding hydrogens is 230 g/mol. The number of hydrogen-bond donors (Lipinski definition) is 0. The summed E-state index contributed by atoms with van der Waals surface area (Å²) in [5, 5.41) is 1.41. The van der Waals surface area contributed by atoms with Crippen LogP contribution in [0.1, 0.15) is 22.4 Å². The molecule has 0 spiro atoms. The van der Waals surface area contributed by atoms with Gasteiger partial charge in [-0.15, -0.1) is 0 Å².